The number of benzene rings is 2. The van der Waals surface area contributed by atoms with E-state index in [-0.39, 0.29) is 18.0 Å². The number of nitrogens with zero attached hydrogens (tertiary/aromatic N) is 1. The van der Waals surface area contributed by atoms with Gasteiger partial charge in [-0.2, -0.15) is 4.31 Å². The van der Waals surface area contributed by atoms with Crippen molar-refractivity contribution < 1.29 is 23.2 Å². The molecular formula is C17H19N3O5S. The van der Waals surface area contributed by atoms with Crippen LogP contribution in [-0.2, 0) is 14.8 Å². The zero-order valence-corrected chi connectivity index (χ0v) is 14.6. The molecule has 1 fully saturated rings. The van der Waals surface area contributed by atoms with Crippen LogP contribution in [0.15, 0.2) is 59.5 Å². The van der Waals surface area contributed by atoms with E-state index in [1.165, 1.54) is 17.6 Å². The molecule has 3 rings (SSSR count). The monoisotopic (exact) mass is 377 g/mol. The van der Waals surface area contributed by atoms with Crippen molar-refractivity contribution >= 4 is 15.9 Å². The highest BCUT2D eigenvalue weighted by Crippen LogP contribution is 2.25. The first kappa shape index (κ1) is 18.3. The van der Waals surface area contributed by atoms with Crippen molar-refractivity contribution in [3.05, 3.63) is 54.6 Å². The molecule has 8 nitrogen and oxygen atoms in total. The maximum Gasteiger partial charge on any atom is 0.263 e. The Bertz CT molecular complexity index is 856. The molecule has 2 aromatic rings. The average molecular weight is 377 g/mol. The molecule has 26 heavy (non-hydrogen) atoms. The van der Waals surface area contributed by atoms with Crippen LogP contribution in [0.3, 0.4) is 0 Å². The number of ether oxygens (including phenoxy) is 1. The summed E-state index contributed by atoms with van der Waals surface area (Å²) >= 11 is 0. The van der Waals surface area contributed by atoms with Crippen molar-refractivity contribution in [3.63, 3.8) is 0 Å². The van der Waals surface area contributed by atoms with Gasteiger partial charge in [0.05, 0.1) is 4.90 Å². The number of amides is 1. The minimum Gasteiger partial charge on any atom is -0.457 e. The van der Waals surface area contributed by atoms with Crippen LogP contribution in [0.4, 0.5) is 0 Å². The van der Waals surface area contributed by atoms with Gasteiger partial charge in [0, 0.05) is 19.6 Å². The summed E-state index contributed by atoms with van der Waals surface area (Å²) in [6.07, 6.45) is 0. The smallest absolute Gasteiger partial charge is 0.263 e. The number of sulfonamides is 1. The molecule has 1 aliphatic rings. The van der Waals surface area contributed by atoms with E-state index in [0.29, 0.717) is 18.0 Å². The van der Waals surface area contributed by atoms with E-state index < -0.39 is 22.0 Å². The van der Waals surface area contributed by atoms with Gasteiger partial charge >= 0.3 is 0 Å². The van der Waals surface area contributed by atoms with E-state index in [9.17, 15) is 13.2 Å². The van der Waals surface area contributed by atoms with E-state index in [1.54, 1.807) is 24.3 Å². The summed E-state index contributed by atoms with van der Waals surface area (Å²) in [5, 5.41) is 11.8. The third-order valence-electron chi connectivity index (χ3n) is 4.02. The lowest BCUT2D eigenvalue weighted by molar-refractivity contribution is -0.133. The van der Waals surface area contributed by atoms with E-state index >= 15 is 0 Å². The summed E-state index contributed by atoms with van der Waals surface area (Å²) in [7, 11) is -3.89. The van der Waals surface area contributed by atoms with Crippen LogP contribution < -0.4 is 15.5 Å². The molecule has 138 valence electrons. The first-order valence-corrected chi connectivity index (χ1v) is 9.46. The second kappa shape index (κ2) is 7.83. The van der Waals surface area contributed by atoms with Gasteiger partial charge in [0.1, 0.15) is 17.5 Å². The van der Waals surface area contributed by atoms with Crippen molar-refractivity contribution in [2.24, 2.45) is 0 Å². The molecule has 1 saturated heterocycles. The number of hydroxylamine groups is 1. The van der Waals surface area contributed by atoms with Crippen molar-refractivity contribution in [1.82, 2.24) is 15.1 Å². The normalized spacial score (nSPS) is 18.3. The van der Waals surface area contributed by atoms with Gasteiger partial charge in [-0.15, -0.1) is 0 Å². The molecule has 0 radical (unpaired) electrons. The average Bonchev–Trinajstić information content (AvgIpc) is 2.68. The molecule has 0 aromatic heterocycles. The topological polar surface area (TPSA) is 108 Å². The predicted octanol–water partition coefficient (Wildman–Crippen LogP) is 0.947. The third kappa shape index (κ3) is 3.86. The van der Waals surface area contributed by atoms with Gasteiger partial charge in [-0.25, -0.2) is 13.9 Å². The summed E-state index contributed by atoms with van der Waals surface area (Å²) in [5.41, 5.74) is 1.52. The van der Waals surface area contributed by atoms with Gasteiger partial charge in [0.2, 0.25) is 10.0 Å². The molecule has 9 heteroatoms. The number of hydrogen-bond donors (Lipinski definition) is 3. The molecular weight excluding hydrogens is 358 g/mol. The summed E-state index contributed by atoms with van der Waals surface area (Å²) in [6.45, 7) is 0.674. The standard InChI is InChI=1S/C17H19N3O5S/c21-17(19-22)16-12-18-10-11-20(16)26(23,24)15-8-6-14(7-9-15)25-13-4-2-1-3-5-13/h1-9,16,18,22H,10-12H2,(H,19,21)/t16-/m1/s1. The number of carbonyl (C=O) groups excluding carboxylic acids is 1. The Balaban J connectivity index is 1.81. The molecule has 0 saturated carbocycles. The molecule has 1 aliphatic heterocycles. The molecule has 0 unspecified atom stereocenters. The third-order valence-corrected chi connectivity index (χ3v) is 5.94. The first-order chi connectivity index (χ1) is 12.5. The number of nitrogens with one attached hydrogen (secondary N) is 2. The SMILES string of the molecule is O=C(NO)[C@H]1CNCCN1S(=O)(=O)c1ccc(Oc2ccccc2)cc1. The lowest BCUT2D eigenvalue weighted by Crippen LogP contribution is -2.59. The zero-order chi connectivity index (χ0) is 18.6. The van der Waals surface area contributed by atoms with Crippen LogP contribution in [0.2, 0.25) is 0 Å². The molecule has 0 aliphatic carbocycles. The van der Waals surface area contributed by atoms with E-state index in [4.69, 9.17) is 9.94 Å². The highest BCUT2D eigenvalue weighted by atomic mass is 32.2. The minimum atomic E-state index is -3.89. The van der Waals surface area contributed by atoms with Gasteiger partial charge in [-0.1, -0.05) is 18.2 Å². The number of carbonyl (C=O) groups is 1. The summed E-state index contributed by atoms with van der Waals surface area (Å²) < 4.78 is 32.5. The molecule has 1 amide bonds. The molecule has 3 N–H and O–H groups in total. The Labute approximate surface area is 151 Å². The van der Waals surface area contributed by atoms with Crippen molar-refractivity contribution in [2.45, 2.75) is 10.9 Å². The number of rotatable bonds is 5. The Morgan fingerprint density at radius 1 is 1.12 bits per heavy atom. The number of piperazine rings is 1. The molecule has 1 heterocycles. The van der Waals surface area contributed by atoms with E-state index in [0.717, 1.165) is 4.31 Å². The van der Waals surface area contributed by atoms with Gasteiger partial charge in [-0.05, 0) is 36.4 Å². The summed E-state index contributed by atoms with van der Waals surface area (Å²) in [5.74, 6) is 0.370. The predicted molar refractivity (Wildman–Crippen MR) is 93.4 cm³/mol. The first-order valence-electron chi connectivity index (χ1n) is 8.02. The van der Waals surface area contributed by atoms with Crippen LogP contribution in [0.25, 0.3) is 0 Å². The second-order valence-electron chi connectivity index (χ2n) is 5.70. The fourth-order valence-electron chi connectivity index (χ4n) is 2.71. The Morgan fingerprint density at radius 3 is 2.42 bits per heavy atom. The van der Waals surface area contributed by atoms with Crippen LogP contribution in [-0.4, -0.2) is 49.5 Å². The van der Waals surface area contributed by atoms with E-state index in [2.05, 4.69) is 5.32 Å². The molecule has 0 spiro atoms. The second-order valence-corrected chi connectivity index (χ2v) is 7.59. The van der Waals surface area contributed by atoms with Crippen molar-refractivity contribution in [2.75, 3.05) is 19.6 Å². The van der Waals surface area contributed by atoms with Gasteiger partial charge < -0.3 is 10.1 Å². The Hall–Kier alpha value is -2.46. The molecule has 2 aromatic carbocycles. The zero-order valence-electron chi connectivity index (χ0n) is 13.8. The van der Waals surface area contributed by atoms with Crippen molar-refractivity contribution in [1.29, 1.82) is 0 Å². The maximum absolute atomic E-state index is 12.9. The fraction of sp³-hybridized carbons (Fsp3) is 0.235. The van der Waals surface area contributed by atoms with Crippen LogP contribution >= 0.6 is 0 Å². The largest absolute Gasteiger partial charge is 0.457 e. The minimum absolute atomic E-state index is 0.0514. The molecule has 1 atom stereocenters. The quantitative estimate of drug-likeness (QED) is 0.529. The van der Waals surface area contributed by atoms with Crippen molar-refractivity contribution in [3.8, 4) is 11.5 Å². The van der Waals surface area contributed by atoms with Gasteiger partial charge in [0.15, 0.2) is 0 Å². The maximum atomic E-state index is 12.9. The lowest BCUT2D eigenvalue weighted by atomic mass is 10.2. The van der Waals surface area contributed by atoms with Crippen LogP contribution in [0.5, 0.6) is 11.5 Å². The Morgan fingerprint density at radius 2 is 1.77 bits per heavy atom. The van der Waals surface area contributed by atoms with Crippen LogP contribution in [0, 0.1) is 0 Å². The number of para-hydroxylation sites is 1. The van der Waals surface area contributed by atoms with Gasteiger partial charge in [-0.3, -0.25) is 10.0 Å². The Kier molecular flexibility index (Phi) is 5.52. The fourth-order valence-corrected chi connectivity index (χ4v) is 4.30. The number of hydrogen-bond acceptors (Lipinski definition) is 6. The van der Waals surface area contributed by atoms with E-state index in [1.807, 2.05) is 18.2 Å². The van der Waals surface area contributed by atoms with Crippen LogP contribution in [0.1, 0.15) is 0 Å². The summed E-state index contributed by atoms with van der Waals surface area (Å²) in [6, 6.07) is 14.1. The summed E-state index contributed by atoms with van der Waals surface area (Å²) in [4.78, 5) is 11.8. The highest BCUT2D eigenvalue weighted by molar-refractivity contribution is 7.89. The molecule has 0 bridgehead atoms. The van der Waals surface area contributed by atoms with Gasteiger partial charge in [0.25, 0.3) is 5.91 Å². The lowest BCUT2D eigenvalue weighted by Gasteiger charge is -2.33. The highest BCUT2D eigenvalue weighted by Gasteiger charge is 2.37.